The van der Waals surface area contributed by atoms with Gasteiger partial charge in [0.1, 0.15) is 11.6 Å². The van der Waals surface area contributed by atoms with Gasteiger partial charge in [0.05, 0.1) is 13.2 Å². The molecular formula is C21H26FN3O2. The Morgan fingerprint density at radius 2 is 1.85 bits per heavy atom. The van der Waals surface area contributed by atoms with Crippen molar-refractivity contribution in [1.29, 1.82) is 0 Å². The summed E-state index contributed by atoms with van der Waals surface area (Å²) in [7, 11) is 0. The molecule has 27 heavy (non-hydrogen) atoms. The van der Waals surface area contributed by atoms with Crippen LogP contribution in [0, 0.1) is 5.82 Å². The fourth-order valence-electron chi connectivity index (χ4n) is 3.92. The van der Waals surface area contributed by atoms with Gasteiger partial charge in [-0.15, -0.1) is 0 Å². The first kappa shape index (κ1) is 17.9. The van der Waals surface area contributed by atoms with E-state index in [0.717, 1.165) is 56.1 Å². The summed E-state index contributed by atoms with van der Waals surface area (Å²) < 4.78 is 19.0. The summed E-state index contributed by atoms with van der Waals surface area (Å²) in [5.41, 5.74) is 2.85. The molecule has 0 unspecified atom stereocenters. The number of piperidine rings is 1. The molecule has 0 spiro atoms. The highest BCUT2D eigenvalue weighted by Crippen LogP contribution is 2.29. The number of nitrogens with one attached hydrogen (secondary N) is 1. The van der Waals surface area contributed by atoms with Gasteiger partial charge in [0, 0.05) is 61.4 Å². The van der Waals surface area contributed by atoms with Gasteiger partial charge < -0.3 is 25.0 Å². The van der Waals surface area contributed by atoms with Crippen LogP contribution in [0.15, 0.2) is 42.5 Å². The number of phenols is 1. The van der Waals surface area contributed by atoms with Gasteiger partial charge in [-0.25, -0.2) is 4.39 Å². The van der Waals surface area contributed by atoms with E-state index in [2.05, 4.69) is 21.2 Å². The molecule has 2 aromatic carbocycles. The summed E-state index contributed by atoms with van der Waals surface area (Å²) in [6.07, 6.45) is 2.09. The van der Waals surface area contributed by atoms with Crippen LogP contribution < -0.4 is 15.1 Å². The molecule has 4 rings (SSSR count). The number of benzene rings is 2. The van der Waals surface area contributed by atoms with Crippen LogP contribution in [-0.4, -0.2) is 50.5 Å². The lowest BCUT2D eigenvalue weighted by molar-refractivity contribution is 0.122. The Morgan fingerprint density at radius 3 is 2.67 bits per heavy atom. The molecule has 2 fully saturated rings. The van der Waals surface area contributed by atoms with Crippen LogP contribution >= 0.6 is 0 Å². The Bertz CT molecular complexity index is 780. The van der Waals surface area contributed by atoms with Crippen LogP contribution in [0.2, 0.25) is 0 Å². The minimum absolute atomic E-state index is 0.203. The van der Waals surface area contributed by atoms with E-state index in [1.54, 1.807) is 24.3 Å². The van der Waals surface area contributed by atoms with E-state index in [9.17, 15) is 9.50 Å². The highest BCUT2D eigenvalue weighted by atomic mass is 19.1. The Morgan fingerprint density at radius 1 is 1.00 bits per heavy atom. The average molecular weight is 371 g/mol. The second kappa shape index (κ2) is 8.05. The molecule has 2 N–H and O–H groups in total. The van der Waals surface area contributed by atoms with Gasteiger partial charge in [0.25, 0.3) is 0 Å². The third-order valence-electron chi connectivity index (χ3n) is 5.24. The second-order valence-corrected chi connectivity index (χ2v) is 7.25. The number of aromatic hydroxyl groups is 1. The van der Waals surface area contributed by atoms with Crippen LogP contribution in [-0.2, 0) is 4.74 Å². The smallest absolute Gasteiger partial charge is 0.125 e. The minimum atomic E-state index is -0.203. The van der Waals surface area contributed by atoms with Crippen molar-refractivity contribution in [2.75, 3.05) is 54.5 Å². The summed E-state index contributed by atoms with van der Waals surface area (Å²) in [4.78, 5) is 4.45. The molecule has 0 aromatic heterocycles. The van der Waals surface area contributed by atoms with Crippen LogP contribution in [0.25, 0.3) is 0 Å². The first-order valence-corrected chi connectivity index (χ1v) is 9.61. The third-order valence-corrected chi connectivity index (χ3v) is 5.24. The van der Waals surface area contributed by atoms with Gasteiger partial charge in [0.2, 0.25) is 0 Å². The number of rotatable bonds is 4. The van der Waals surface area contributed by atoms with E-state index in [4.69, 9.17) is 4.74 Å². The quantitative estimate of drug-likeness (QED) is 0.862. The number of anilines is 3. The highest BCUT2D eigenvalue weighted by Gasteiger charge is 2.21. The normalized spacial score (nSPS) is 20.6. The topological polar surface area (TPSA) is 48.0 Å². The molecule has 2 aromatic rings. The molecule has 144 valence electrons. The van der Waals surface area contributed by atoms with Crippen LogP contribution in [0.5, 0.6) is 5.75 Å². The number of hydrogen-bond acceptors (Lipinski definition) is 5. The number of morpholine rings is 1. The summed E-state index contributed by atoms with van der Waals surface area (Å²) in [6.45, 7) is 4.83. The molecule has 5 nitrogen and oxygen atoms in total. The number of halogens is 1. The van der Waals surface area contributed by atoms with Crippen molar-refractivity contribution in [3.63, 3.8) is 0 Å². The molecule has 2 heterocycles. The summed E-state index contributed by atoms with van der Waals surface area (Å²) in [5.74, 6) is 0.0602. The summed E-state index contributed by atoms with van der Waals surface area (Å²) >= 11 is 0. The van der Waals surface area contributed by atoms with E-state index in [1.165, 1.54) is 6.07 Å². The van der Waals surface area contributed by atoms with Crippen molar-refractivity contribution in [3.8, 4) is 5.75 Å². The van der Waals surface area contributed by atoms with Crippen LogP contribution in [0.3, 0.4) is 0 Å². The van der Waals surface area contributed by atoms with Gasteiger partial charge in [0.15, 0.2) is 0 Å². The number of ether oxygens (including phenoxy) is 1. The number of nitrogens with zero attached hydrogens (tertiary/aromatic N) is 2. The molecule has 2 aliphatic rings. The van der Waals surface area contributed by atoms with E-state index in [-0.39, 0.29) is 17.6 Å². The van der Waals surface area contributed by atoms with E-state index in [0.29, 0.717) is 13.2 Å². The summed E-state index contributed by atoms with van der Waals surface area (Å²) in [6, 6.07) is 12.7. The van der Waals surface area contributed by atoms with Gasteiger partial charge in [-0.05, 0) is 37.1 Å². The zero-order valence-corrected chi connectivity index (χ0v) is 15.4. The predicted molar refractivity (Wildman–Crippen MR) is 106 cm³/mol. The zero-order chi connectivity index (χ0) is 18.6. The van der Waals surface area contributed by atoms with Crippen molar-refractivity contribution in [2.45, 2.75) is 18.9 Å². The molecule has 0 bridgehead atoms. The molecule has 2 saturated heterocycles. The molecule has 0 radical (unpaired) electrons. The standard InChI is InChI=1S/C21H26FN3O2/c22-16-3-1-5-19(11-16)25-6-2-4-17(15-25)23-18-12-20(14-21(26)13-18)24-7-9-27-10-8-24/h1,3,5,11-14,17,23,26H,2,4,6-10,15H2/t17-/m1/s1. The maximum atomic E-state index is 13.5. The van der Waals surface area contributed by atoms with Crippen molar-refractivity contribution < 1.29 is 14.2 Å². The lowest BCUT2D eigenvalue weighted by Gasteiger charge is -2.35. The van der Waals surface area contributed by atoms with Crippen molar-refractivity contribution in [3.05, 3.63) is 48.3 Å². The molecule has 0 amide bonds. The Balaban J connectivity index is 1.46. The zero-order valence-electron chi connectivity index (χ0n) is 15.4. The fourth-order valence-corrected chi connectivity index (χ4v) is 3.92. The van der Waals surface area contributed by atoms with Gasteiger partial charge in [-0.3, -0.25) is 0 Å². The van der Waals surface area contributed by atoms with Crippen molar-refractivity contribution >= 4 is 17.1 Å². The molecule has 6 heteroatoms. The van der Waals surface area contributed by atoms with E-state index in [1.807, 2.05) is 6.07 Å². The first-order valence-electron chi connectivity index (χ1n) is 9.61. The van der Waals surface area contributed by atoms with E-state index >= 15 is 0 Å². The van der Waals surface area contributed by atoms with Crippen LogP contribution in [0.4, 0.5) is 21.5 Å². The second-order valence-electron chi connectivity index (χ2n) is 7.25. The fraction of sp³-hybridized carbons (Fsp3) is 0.429. The van der Waals surface area contributed by atoms with Gasteiger partial charge >= 0.3 is 0 Å². The molecule has 1 atom stereocenters. The summed E-state index contributed by atoms with van der Waals surface area (Å²) in [5, 5.41) is 13.7. The van der Waals surface area contributed by atoms with Gasteiger partial charge in [-0.1, -0.05) is 6.07 Å². The minimum Gasteiger partial charge on any atom is -0.508 e. The van der Waals surface area contributed by atoms with Crippen molar-refractivity contribution in [2.24, 2.45) is 0 Å². The average Bonchev–Trinajstić information content (AvgIpc) is 2.68. The largest absolute Gasteiger partial charge is 0.508 e. The number of hydrogen-bond donors (Lipinski definition) is 2. The Hall–Kier alpha value is -2.47. The third kappa shape index (κ3) is 4.45. The van der Waals surface area contributed by atoms with Gasteiger partial charge in [-0.2, -0.15) is 0 Å². The molecule has 0 aliphatic carbocycles. The highest BCUT2D eigenvalue weighted by molar-refractivity contribution is 5.63. The molecule has 0 saturated carbocycles. The Labute approximate surface area is 159 Å². The maximum absolute atomic E-state index is 13.5. The maximum Gasteiger partial charge on any atom is 0.125 e. The SMILES string of the molecule is Oc1cc(N[C@@H]2CCCN(c3cccc(F)c3)C2)cc(N2CCOCC2)c1. The lowest BCUT2D eigenvalue weighted by Crippen LogP contribution is -2.42. The van der Waals surface area contributed by atoms with Crippen LogP contribution in [0.1, 0.15) is 12.8 Å². The monoisotopic (exact) mass is 371 g/mol. The first-order chi connectivity index (χ1) is 13.2. The predicted octanol–water partition coefficient (Wildman–Crippen LogP) is 3.45. The number of phenolic OH excluding ortho intramolecular Hbond substituents is 1. The Kier molecular flexibility index (Phi) is 5.34. The lowest BCUT2D eigenvalue weighted by atomic mass is 10.0. The van der Waals surface area contributed by atoms with E-state index < -0.39 is 0 Å². The molecular weight excluding hydrogens is 345 g/mol. The molecule has 2 aliphatic heterocycles. The van der Waals surface area contributed by atoms with Crippen molar-refractivity contribution in [1.82, 2.24) is 0 Å².